The molecule has 0 radical (unpaired) electrons. The molecule has 0 bridgehead atoms. The van der Waals surface area contributed by atoms with Crippen molar-refractivity contribution < 1.29 is 28.6 Å². The predicted octanol–water partition coefficient (Wildman–Crippen LogP) is 4.20. The van der Waals surface area contributed by atoms with Crippen molar-refractivity contribution in [3.63, 3.8) is 0 Å². The van der Waals surface area contributed by atoms with Gasteiger partial charge in [-0.1, -0.05) is 48.0 Å². The fourth-order valence-corrected chi connectivity index (χ4v) is 3.18. The first-order chi connectivity index (χ1) is 17.2. The molecule has 0 saturated heterocycles. The molecule has 1 aromatic heterocycles. The first-order valence-corrected chi connectivity index (χ1v) is 11.6. The summed E-state index contributed by atoms with van der Waals surface area (Å²) in [6, 6.07) is 19.1. The molecule has 0 aliphatic carbocycles. The van der Waals surface area contributed by atoms with E-state index >= 15 is 0 Å². The molecule has 0 spiro atoms. The van der Waals surface area contributed by atoms with Gasteiger partial charge in [0, 0.05) is 30.5 Å². The highest BCUT2D eigenvalue weighted by Crippen LogP contribution is 2.29. The zero-order valence-electron chi connectivity index (χ0n) is 20.7. The van der Waals surface area contributed by atoms with E-state index < -0.39 is 17.8 Å². The molecular formula is C27H30N2O6S. The average molecular weight is 511 g/mol. The lowest BCUT2D eigenvalue weighted by molar-refractivity contribution is -0.146. The van der Waals surface area contributed by atoms with Crippen molar-refractivity contribution in [1.29, 1.82) is 0 Å². The third kappa shape index (κ3) is 9.79. The number of aromatic nitrogens is 1. The van der Waals surface area contributed by atoms with E-state index in [1.165, 1.54) is 31.9 Å². The Bertz CT molecular complexity index is 1130. The lowest BCUT2D eigenvalue weighted by atomic mass is 10.1. The number of pyridine rings is 1. The van der Waals surface area contributed by atoms with Crippen LogP contribution in [0.4, 0.5) is 0 Å². The van der Waals surface area contributed by atoms with E-state index in [2.05, 4.69) is 29.9 Å². The minimum atomic E-state index is -0.692. The number of esters is 2. The SMILES string of the molecule is COc1ccnc(C(=O)NCC(=O)OC(C)Cc2ccccc2)c1OC(C)=O.Cc1ccc(S)cc1. The van der Waals surface area contributed by atoms with Crippen LogP contribution in [0, 0.1) is 6.92 Å². The molecule has 1 N–H and O–H groups in total. The van der Waals surface area contributed by atoms with Crippen LogP contribution in [0.2, 0.25) is 0 Å². The van der Waals surface area contributed by atoms with Crippen molar-refractivity contribution in [3.05, 3.63) is 83.7 Å². The zero-order chi connectivity index (χ0) is 26.5. The number of thiol groups is 1. The number of methoxy groups -OCH3 is 1. The van der Waals surface area contributed by atoms with Crippen molar-refractivity contribution in [2.75, 3.05) is 13.7 Å². The van der Waals surface area contributed by atoms with E-state index in [-0.39, 0.29) is 29.8 Å². The fraction of sp³-hybridized carbons (Fsp3) is 0.259. The van der Waals surface area contributed by atoms with Gasteiger partial charge < -0.3 is 19.5 Å². The van der Waals surface area contributed by atoms with E-state index in [1.54, 1.807) is 6.92 Å². The van der Waals surface area contributed by atoms with Crippen molar-refractivity contribution in [2.24, 2.45) is 0 Å². The number of nitrogens with one attached hydrogen (secondary N) is 1. The van der Waals surface area contributed by atoms with Crippen LogP contribution < -0.4 is 14.8 Å². The molecule has 36 heavy (non-hydrogen) atoms. The van der Waals surface area contributed by atoms with Crippen LogP contribution in [0.5, 0.6) is 11.5 Å². The van der Waals surface area contributed by atoms with Crippen LogP contribution in [-0.2, 0) is 20.7 Å². The summed E-state index contributed by atoms with van der Waals surface area (Å²) >= 11 is 4.13. The largest absolute Gasteiger partial charge is 0.493 e. The lowest BCUT2D eigenvalue weighted by Gasteiger charge is -2.14. The maximum Gasteiger partial charge on any atom is 0.325 e. The van der Waals surface area contributed by atoms with Gasteiger partial charge in [-0.3, -0.25) is 14.4 Å². The van der Waals surface area contributed by atoms with Gasteiger partial charge in [0.15, 0.2) is 11.4 Å². The Hall–Kier alpha value is -3.85. The minimum absolute atomic E-state index is 0.110. The Morgan fingerprint density at radius 3 is 2.28 bits per heavy atom. The summed E-state index contributed by atoms with van der Waals surface area (Å²) in [5, 5.41) is 2.41. The van der Waals surface area contributed by atoms with Gasteiger partial charge in [0.1, 0.15) is 12.6 Å². The molecule has 0 aliphatic heterocycles. The van der Waals surface area contributed by atoms with Gasteiger partial charge in [-0.25, -0.2) is 4.98 Å². The minimum Gasteiger partial charge on any atom is -0.493 e. The Balaban J connectivity index is 0.000000482. The number of carbonyl (C=O) groups excluding carboxylic acids is 3. The maximum absolute atomic E-state index is 12.4. The van der Waals surface area contributed by atoms with Gasteiger partial charge >= 0.3 is 11.9 Å². The van der Waals surface area contributed by atoms with Gasteiger partial charge in [0.2, 0.25) is 5.75 Å². The van der Waals surface area contributed by atoms with Crippen LogP contribution in [0.15, 0.2) is 71.8 Å². The summed E-state index contributed by atoms with van der Waals surface area (Å²) < 4.78 is 15.4. The van der Waals surface area contributed by atoms with Crippen LogP contribution in [0.25, 0.3) is 0 Å². The van der Waals surface area contributed by atoms with Gasteiger partial charge in [-0.15, -0.1) is 12.6 Å². The first-order valence-electron chi connectivity index (χ1n) is 11.2. The number of amides is 1. The molecule has 0 fully saturated rings. The summed E-state index contributed by atoms with van der Waals surface area (Å²) in [7, 11) is 1.37. The highest BCUT2D eigenvalue weighted by atomic mass is 32.1. The van der Waals surface area contributed by atoms with Crippen LogP contribution in [0.3, 0.4) is 0 Å². The summed E-state index contributed by atoms with van der Waals surface area (Å²) in [6.45, 7) is 4.68. The quantitative estimate of drug-likeness (QED) is 0.346. The standard InChI is InChI=1S/C20H22N2O6.C7H8S/c1-13(11-15-7-5-4-6-8-15)27-17(24)12-22-20(25)18-19(28-14(2)23)16(26-3)9-10-21-18;1-6-2-4-7(8)5-3-6/h4-10,13H,11-12H2,1-3H3,(H,22,25);2-5,8H,1H3. The topological polar surface area (TPSA) is 104 Å². The molecule has 190 valence electrons. The fourth-order valence-electron chi connectivity index (χ4n) is 3.03. The number of carbonyl (C=O) groups is 3. The Labute approximate surface area is 216 Å². The van der Waals surface area contributed by atoms with Crippen molar-refractivity contribution in [2.45, 2.75) is 38.2 Å². The second-order valence-electron chi connectivity index (χ2n) is 7.79. The molecule has 3 rings (SSSR count). The number of ether oxygens (including phenoxy) is 3. The van der Waals surface area contributed by atoms with Crippen LogP contribution in [-0.4, -0.2) is 42.6 Å². The van der Waals surface area contributed by atoms with Crippen LogP contribution in [0.1, 0.15) is 35.5 Å². The molecule has 0 aliphatic rings. The third-order valence-electron chi connectivity index (χ3n) is 4.68. The highest BCUT2D eigenvalue weighted by molar-refractivity contribution is 7.80. The second kappa shape index (κ2) is 14.5. The van der Waals surface area contributed by atoms with E-state index in [0.717, 1.165) is 10.5 Å². The summed E-state index contributed by atoms with van der Waals surface area (Å²) in [5.74, 6) is -1.85. The molecule has 8 nitrogen and oxygen atoms in total. The predicted molar refractivity (Wildman–Crippen MR) is 139 cm³/mol. The van der Waals surface area contributed by atoms with Crippen molar-refractivity contribution in [3.8, 4) is 11.5 Å². The van der Waals surface area contributed by atoms with E-state index in [1.807, 2.05) is 54.6 Å². The monoisotopic (exact) mass is 510 g/mol. The van der Waals surface area contributed by atoms with E-state index in [4.69, 9.17) is 14.2 Å². The number of benzene rings is 2. The molecule has 9 heteroatoms. The molecule has 2 aromatic carbocycles. The number of hydrogen-bond acceptors (Lipinski definition) is 8. The van der Waals surface area contributed by atoms with E-state index in [9.17, 15) is 14.4 Å². The first kappa shape index (κ1) is 28.4. The molecule has 1 unspecified atom stereocenters. The number of rotatable bonds is 8. The normalized spacial score (nSPS) is 10.8. The Kier molecular flexibility index (Phi) is 11.5. The molecule has 1 heterocycles. The maximum atomic E-state index is 12.4. The molecule has 3 aromatic rings. The molecular weight excluding hydrogens is 480 g/mol. The lowest BCUT2D eigenvalue weighted by Crippen LogP contribution is -2.33. The summed E-state index contributed by atoms with van der Waals surface area (Å²) in [4.78, 5) is 40.6. The zero-order valence-corrected chi connectivity index (χ0v) is 21.6. The third-order valence-corrected chi connectivity index (χ3v) is 4.97. The molecule has 1 atom stereocenters. The Morgan fingerprint density at radius 1 is 1.03 bits per heavy atom. The number of hydrogen-bond donors (Lipinski definition) is 2. The van der Waals surface area contributed by atoms with E-state index in [0.29, 0.717) is 6.42 Å². The summed E-state index contributed by atoms with van der Waals surface area (Å²) in [5.41, 5.74) is 2.15. The highest BCUT2D eigenvalue weighted by Gasteiger charge is 2.21. The molecule has 1 amide bonds. The van der Waals surface area contributed by atoms with Gasteiger partial charge in [-0.05, 0) is 31.5 Å². The number of aryl methyl sites for hydroxylation is 1. The number of nitrogens with zero attached hydrogens (tertiary/aromatic N) is 1. The van der Waals surface area contributed by atoms with Gasteiger partial charge in [-0.2, -0.15) is 0 Å². The van der Waals surface area contributed by atoms with Crippen molar-refractivity contribution in [1.82, 2.24) is 10.3 Å². The Morgan fingerprint density at radius 2 is 1.69 bits per heavy atom. The van der Waals surface area contributed by atoms with Crippen molar-refractivity contribution >= 4 is 30.5 Å². The van der Waals surface area contributed by atoms with Gasteiger partial charge in [0.05, 0.1) is 7.11 Å². The average Bonchev–Trinajstić information content (AvgIpc) is 2.85. The molecule has 0 saturated carbocycles. The summed E-state index contributed by atoms with van der Waals surface area (Å²) in [6.07, 6.45) is 1.55. The second-order valence-corrected chi connectivity index (χ2v) is 8.31. The smallest absolute Gasteiger partial charge is 0.325 e. The van der Waals surface area contributed by atoms with Crippen LogP contribution >= 0.6 is 12.6 Å². The van der Waals surface area contributed by atoms with Gasteiger partial charge in [0.25, 0.3) is 5.91 Å².